The summed E-state index contributed by atoms with van der Waals surface area (Å²) in [6.07, 6.45) is 2.51. The van der Waals surface area contributed by atoms with E-state index in [0.29, 0.717) is 61.7 Å². The number of anilines is 1. The number of nitrogens with zero attached hydrogens (tertiary/aromatic N) is 3. The number of carbonyl (C=O) groups excluding carboxylic acids is 1. The van der Waals surface area contributed by atoms with Crippen molar-refractivity contribution in [2.75, 3.05) is 19.0 Å². The average molecular weight is 610 g/mol. The topological polar surface area (TPSA) is 83.0 Å². The van der Waals surface area contributed by atoms with Crippen LogP contribution in [0.4, 0.5) is 18.9 Å². The summed E-state index contributed by atoms with van der Waals surface area (Å²) >= 11 is 0.616. The van der Waals surface area contributed by atoms with Crippen LogP contribution >= 0.6 is 11.3 Å². The predicted octanol–water partition coefficient (Wildman–Crippen LogP) is 7.29. The summed E-state index contributed by atoms with van der Waals surface area (Å²) in [5.74, 6) is -0.739. The van der Waals surface area contributed by atoms with Gasteiger partial charge in [0.2, 0.25) is 11.8 Å². The molecule has 0 atom stereocenters. The standard InChI is InChI=1S/C31H42F3N3O4S/c1-19-6-8-21(9-7-19)28(38)37(24-17-25(42-27(24)29(39)40)30(2,3)31(32,33)34)22-10-12-23(13-11-22)41-26-16-20(14-15-35-26)18-36(4)5/h14-17,19,21-23H,6-13,18H2,1-5H3,(H,39,40). The smallest absolute Gasteiger partial charge is 0.398 e. The molecule has 0 unspecified atom stereocenters. The molecule has 1 amide bonds. The molecule has 0 spiro atoms. The van der Waals surface area contributed by atoms with E-state index in [0.717, 1.165) is 38.8 Å². The molecule has 2 aliphatic carbocycles. The Morgan fingerprint density at radius 2 is 1.69 bits per heavy atom. The number of halogens is 3. The Morgan fingerprint density at radius 1 is 1.05 bits per heavy atom. The quantitative estimate of drug-likeness (QED) is 0.322. The van der Waals surface area contributed by atoms with E-state index in [1.165, 1.54) is 6.07 Å². The lowest BCUT2D eigenvalue weighted by atomic mass is 9.81. The zero-order chi connectivity index (χ0) is 30.8. The Morgan fingerprint density at radius 3 is 2.26 bits per heavy atom. The molecule has 11 heteroatoms. The van der Waals surface area contributed by atoms with Crippen molar-refractivity contribution in [1.29, 1.82) is 0 Å². The van der Waals surface area contributed by atoms with Crippen molar-refractivity contribution in [3.05, 3.63) is 39.7 Å². The maximum atomic E-state index is 14.1. The van der Waals surface area contributed by atoms with Gasteiger partial charge in [0.1, 0.15) is 11.0 Å². The highest BCUT2D eigenvalue weighted by Gasteiger charge is 2.50. The highest BCUT2D eigenvalue weighted by atomic mass is 32.1. The second-order valence-corrected chi connectivity index (χ2v) is 13.8. The summed E-state index contributed by atoms with van der Waals surface area (Å²) in [5, 5.41) is 10.1. The van der Waals surface area contributed by atoms with Gasteiger partial charge in [0.25, 0.3) is 0 Å². The number of carbonyl (C=O) groups is 2. The number of carboxylic acid groups (broad SMARTS) is 1. The van der Waals surface area contributed by atoms with E-state index in [-0.39, 0.29) is 39.4 Å². The number of aromatic nitrogens is 1. The van der Waals surface area contributed by atoms with E-state index in [2.05, 4.69) is 16.8 Å². The zero-order valence-electron chi connectivity index (χ0n) is 25.0. The summed E-state index contributed by atoms with van der Waals surface area (Å²) in [5.41, 5.74) is -1.09. The van der Waals surface area contributed by atoms with Gasteiger partial charge in [0.05, 0.1) is 11.1 Å². The van der Waals surface area contributed by atoms with Gasteiger partial charge in [-0.25, -0.2) is 9.78 Å². The van der Waals surface area contributed by atoms with Crippen molar-refractivity contribution >= 4 is 28.9 Å². The largest absolute Gasteiger partial charge is 0.477 e. The van der Waals surface area contributed by atoms with Crippen LogP contribution in [0.5, 0.6) is 5.88 Å². The minimum Gasteiger partial charge on any atom is -0.477 e. The molecule has 1 N–H and O–H groups in total. The van der Waals surface area contributed by atoms with Gasteiger partial charge in [-0.15, -0.1) is 11.3 Å². The number of aromatic carboxylic acids is 1. The van der Waals surface area contributed by atoms with Crippen LogP contribution in [0.1, 0.15) is 92.3 Å². The van der Waals surface area contributed by atoms with E-state index in [1.54, 1.807) is 11.1 Å². The lowest BCUT2D eigenvalue weighted by Crippen LogP contribution is -2.47. The van der Waals surface area contributed by atoms with Crippen LogP contribution in [0.3, 0.4) is 0 Å². The molecular weight excluding hydrogens is 567 g/mol. The summed E-state index contributed by atoms with van der Waals surface area (Å²) < 4.78 is 48.1. The van der Waals surface area contributed by atoms with Crippen LogP contribution in [0, 0.1) is 11.8 Å². The van der Waals surface area contributed by atoms with Gasteiger partial charge in [-0.3, -0.25) is 4.79 Å². The van der Waals surface area contributed by atoms with E-state index < -0.39 is 17.6 Å². The lowest BCUT2D eigenvalue weighted by molar-refractivity contribution is -0.179. The molecule has 2 fully saturated rings. The molecule has 0 aromatic carbocycles. The Balaban J connectivity index is 1.60. The maximum Gasteiger partial charge on any atom is 0.398 e. The third-order valence-electron chi connectivity index (χ3n) is 8.69. The lowest BCUT2D eigenvalue weighted by Gasteiger charge is -2.39. The molecule has 2 heterocycles. The van der Waals surface area contributed by atoms with Crippen LogP contribution in [-0.2, 0) is 16.8 Å². The Labute approximate surface area is 250 Å². The van der Waals surface area contributed by atoms with Crippen molar-refractivity contribution in [1.82, 2.24) is 9.88 Å². The van der Waals surface area contributed by atoms with Gasteiger partial charge in [-0.05, 0) is 103 Å². The third-order valence-corrected chi connectivity index (χ3v) is 10.1. The van der Waals surface area contributed by atoms with Gasteiger partial charge in [0, 0.05) is 35.6 Å². The molecule has 2 aliphatic rings. The fraction of sp³-hybridized carbons (Fsp3) is 0.645. The number of pyridine rings is 1. The zero-order valence-corrected chi connectivity index (χ0v) is 25.9. The minimum atomic E-state index is -4.58. The van der Waals surface area contributed by atoms with Crippen molar-refractivity contribution in [2.45, 2.75) is 102 Å². The van der Waals surface area contributed by atoms with Crippen molar-refractivity contribution in [3.8, 4) is 5.88 Å². The number of thiophene rings is 1. The van der Waals surface area contributed by atoms with Crippen LogP contribution < -0.4 is 9.64 Å². The van der Waals surface area contributed by atoms with Crippen LogP contribution in [0.25, 0.3) is 0 Å². The second-order valence-electron chi connectivity index (χ2n) is 12.7. The molecule has 42 heavy (non-hydrogen) atoms. The SMILES string of the molecule is CC1CCC(C(=O)N(c2cc(C(C)(C)C(F)(F)F)sc2C(=O)O)C2CCC(Oc3cc(CN(C)C)ccn3)CC2)CC1. The fourth-order valence-corrected chi connectivity index (χ4v) is 7.04. The highest BCUT2D eigenvalue weighted by Crippen LogP contribution is 2.47. The van der Waals surface area contributed by atoms with Gasteiger partial charge >= 0.3 is 12.1 Å². The number of amides is 1. The third kappa shape index (κ3) is 7.27. The number of alkyl halides is 3. The molecule has 0 saturated heterocycles. The Bertz CT molecular complexity index is 1250. The summed E-state index contributed by atoms with van der Waals surface area (Å²) in [7, 11) is 3.97. The molecule has 2 aromatic heterocycles. The first kappa shape index (κ1) is 32.3. The first-order chi connectivity index (χ1) is 19.7. The van der Waals surface area contributed by atoms with Crippen molar-refractivity contribution in [2.24, 2.45) is 11.8 Å². The predicted molar refractivity (Wildman–Crippen MR) is 157 cm³/mol. The maximum absolute atomic E-state index is 14.1. The average Bonchev–Trinajstić information content (AvgIpc) is 3.35. The summed E-state index contributed by atoms with van der Waals surface area (Å²) in [6, 6.07) is 4.82. The Kier molecular flexibility index (Phi) is 9.92. The molecule has 232 valence electrons. The van der Waals surface area contributed by atoms with Crippen LogP contribution in [-0.4, -0.2) is 59.3 Å². The van der Waals surface area contributed by atoms with Crippen LogP contribution in [0.15, 0.2) is 24.4 Å². The highest BCUT2D eigenvalue weighted by molar-refractivity contribution is 7.14. The molecule has 7 nitrogen and oxygen atoms in total. The number of hydrogen-bond acceptors (Lipinski definition) is 6. The fourth-order valence-electron chi connectivity index (χ4n) is 5.93. The van der Waals surface area contributed by atoms with E-state index in [9.17, 15) is 27.9 Å². The molecule has 0 aliphatic heterocycles. The van der Waals surface area contributed by atoms with Crippen molar-refractivity contribution in [3.63, 3.8) is 0 Å². The molecule has 2 saturated carbocycles. The molecule has 4 rings (SSSR count). The molecule has 2 aromatic rings. The second kappa shape index (κ2) is 12.9. The number of carboxylic acids is 1. The Hall–Kier alpha value is -2.66. The van der Waals surface area contributed by atoms with E-state index >= 15 is 0 Å². The summed E-state index contributed by atoms with van der Waals surface area (Å²) in [4.78, 5) is 34.1. The number of rotatable bonds is 9. The molecule has 0 bridgehead atoms. The first-order valence-electron chi connectivity index (χ1n) is 14.7. The van der Waals surface area contributed by atoms with Crippen molar-refractivity contribution < 1.29 is 32.6 Å². The van der Waals surface area contributed by atoms with E-state index in [1.807, 2.05) is 26.2 Å². The first-order valence-corrected chi connectivity index (χ1v) is 15.5. The summed E-state index contributed by atoms with van der Waals surface area (Å²) in [6.45, 7) is 5.00. The van der Waals surface area contributed by atoms with Gasteiger partial charge in [0.15, 0.2) is 0 Å². The molecular formula is C31H42F3N3O4S. The monoisotopic (exact) mass is 609 g/mol. The number of hydrogen-bond donors (Lipinski definition) is 1. The van der Waals surface area contributed by atoms with Gasteiger partial charge in [-0.2, -0.15) is 13.2 Å². The van der Waals surface area contributed by atoms with Crippen LogP contribution in [0.2, 0.25) is 0 Å². The molecule has 0 radical (unpaired) electrons. The van der Waals surface area contributed by atoms with Gasteiger partial charge in [-0.1, -0.05) is 6.92 Å². The van der Waals surface area contributed by atoms with E-state index in [4.69, 9.17) is 4.74 Å². The van der Waals surface area contributed by atoms with Gasteiger partial charge < -0.3 is 19.6 Å². The number of ether oxygens (including phenoxy) is 1. The minimum absolute atomic E-state index is 0.0888. The normalized spacial score (nSPS) is 23.5.